The van der Waals surface area contributed by atoms with E-state index in [9.17, 15) is 9.36 Å². The lowest BCUT2D eigenvalue weighted by atomic mass is 10.1. The molecule has 0 fully saturated rings. The summed E-state index contributed by atoms with van der Waals surface area (Å²) in [5.41, 5.74) is 6.07. The lowest BCUT2D eigenvalue weighted by Gasteiger charge is -2.05. The highest BCUT2D eigenvalue weighted by molar-refractivity contribution is 7.32. The molecule has 0 aliphatic heterocycles. The molecule has 0 amide bonds. The molecule has 0 spiro atoms. The first kappa shape index (κ1) is 12.6. The Morgan fingerprint density at radius 2 is 2.00 bits per heavy atom. The summed E-state index contributed by atoms with van der Waals surface area (Å²) in [5.74, 6) is -0.824. The number of hydrogen-bond acceptors (Lipinski definition) is 4. The molecule has 1 unspecified atom stereocenters. The van der Waals surface area contributed by atoms with Crippen molar-refractivity contribution in [1.29, 1.82) is 0 Å². The van der Waals surface area contributed by atoms with Gasteiger partial charge in [-0.05, 0) is 24.1 Å². The summed E-state index contributed by atoms with van der Waals surface area (Å²) in [7, 11) is -2.68. The van der Waals surface area contributed by atoms with Crippen LogP contribution in [0, 0.1) is 0 Å². The Kier molecular flexibility index (Phi) is 4.37. The fourth-order valence-electron chi connectivity index (χ4n) is 1.12. The van der Waals surface area contributed by atoms with E-state index in [1.807, 2.05) is 0 Å². The van der Waals surface area contributed by atoms with Gasteiger partial charge in [-0.15, -0.1) is 4.89 Å². The topological polar surface area (TPSA) is 110 Å². The average molecular weight is 244 g/mol. The zero-order valence-electron chi connectivity index (χ0n) is 8.24. The molecule has 16 heavy (non-hydrogen) atoms. The molecule has 0 saturated carbocycles. The molecule has 4 N–H and O–H groups in total. The van der Waals surface area contributed by atoms with Gasteiger partial charge in [-0.2, -0.15) is 0 Å². The second-order valence-electron chi connectivity index (χ2n) is 3.12. The highest BCUT2D eigenvalue weighted by atomic mass is 31.1. The van der Waals surface area contributed by atoms with E-state index in [1.54, 1.807) is 12.1 Å². The fourth-order valence-corrected chi connectivity index (χ4v) is 1.42. The van der Waals surface area contributed by atoms with Crippen molar-refractivity contribution in [3.8, 4) is 5.75 Å². The standard InChI is InChI=1S/C9H10NO5P/c10-8(9(11)12)5-6-1-3-7(4-2-6)15-16(13)14/h1-4,8H,5,10H2,(H-,11,12,13,14)/p+1/t8-/m0/s1. The maximum absolute atomic E-state index is 10.5. The van der Waals surface area contributed by atoms with Crippen molar-refractivity contribution in [2.24, 2.45) is 5.73 Å². The van der Waals surface area contributed by atoms with E-state index in [-0.39, 0.29) is 12.2 Å². The molecule has 1 rings (SSSR count). The molecule has 0 bridgehead atoms. The fraction of sp³-hybridized carbons (Fsp3) is 0.222. The second kappa shape index (κ2) is 5.55. The van der Waals surface area contributed by atoms with E-state index in [2.05, 4.69) is 4.52 Å². The lowest BCUT2D eigenvalue weighted by Crippen LogP contribution is -2.32. The molecule has 0 aliphatic carbocycles. The van der Waals surface area contributed by atoms with Gasteiger partial charge >= 0.3 is 14.2 Å². The van der Waals surface area contributed by atoms with Crippen LogP contribution in [0.1, 0.15) is 5.56 Å². The smallest absolute Gasteiger partial charge is 0.480 e. The number of benzene rings is 1. The number of nitrogens with two attached hydrogens (primary N) is 1. The van der Waals surface area contributed by atoms with Gasteiger partial charge in [0.2, 0.25) is 0 Å². The van der Waals surface area contributed by atoms with Crippen molar-refractivity contribution in [3.05, 3.63) is 29.8 Å². The van der Waals surface area contributed by atoms with E-state index < -0.39 is 20.3 Å². The Morgan fingerprint density at radius 1 is 1.44 bits per heavy atom. The van der Waals surface area contributed by atoms with Crippen LogP contribution < -0.4 is 10.3 Å². The van der Waals surface area contributed by atoms with Crippen molar-refractivity contribution in [3.63, 3.8) is 0 Å². The molecule has 1 aromatic carbocycles. The maximum Gasteiger partial charge on any atom is 0.747 e. The quantitative estimate of drug-likeness (QED) is 0.656. The van der Waals surface area contributed by atoms with Gasteiger partial charge in [0.05, 0.1) is 0 Å². The van der Waals surface area contributed by atoms with Crippen LogP contribution in [0.5, 0.6) is 5.75 Å². The number of hydrogen-bond donors (Lipinski definition) is 3. The number of aliphatic carboxylic acids is 1. The summed E-state index contributed by atoms with van der Waals surface area (Å²) in [5, 5.41) is 8.60. The van der Waals surface area contributed by atoms with E-state index in [0.29, 0.717) is 0 Å². The molecule has 86 valence electrons. The van der Waals surface area contributed by atoms with Gasteiger partial charge < -0.3 is 10.8 Å². The first-order valence-electron chi connectivity index (χ1n) is 4.40. The summed E-state index contributed by atoms with van der Waals surface area (Å²) in [6.45, 7) is 0. The van der Waals surface area contributed by atoms with Crippen molar-refractivity contribution in [2.75, 3.05) is 0 Å². The van der Waals surface area contributed by atoms with Crippen molar-refractivity contribution >= 4 is 14.2 Å². The molecule has 0 heterocycles. The molecule has 6 nitrogen and oxygen atoms in total. The minimum atomic E-state index is -2.68. The van der Waals surface area contributed by atoms with Crippen LogP contribution in [0.25, 0.3) is 0 Å². The number of carbonyl (C=O) groups is 1. The third kappa shape index (κ3) is 3.94. The molecule has 7 heteroatoms. The molecule has 0 aromatic heterocycles. The van der Waals surface area contributed by atoms with Gasteiger partial charge in [0, 0.05) is 4.57 Å². The minimum Gasteiger partial charge on any atom is -0.480 e. The summed E-state index contributed by atoms with van der Waals surface area (Å²) in [6, 6.07) is 5.19. The summed E-state index contributed by atoms with van der Waals surface area (Å²) in [6.07, 6.45) is 0.195. The number of carboxylic acids is 1. The van der Waals surface area contributed by atoms with Gasteiger partial charge in [-0.3, -0.25) is 4.79 Å². The van der Waals surface area contributed by atoms with E-state index in [4.69, 9.17) is 15.7 Å². The normalized spacial score (nSPS) is 13.0. The molecule has 0 radical (unpaired) electrons. The van der Waals surface area contributed by atoms with Crippen molar-refractivity contribution in [2.45, 2.75) is 12.5 Å². The summed E-state index contributed by atoms with van der Waals surface area (Å²) in [4.78, 5) is 19.0. The van der Waals surface area contributed by atoms with Gasteiger partial charge in [-0.25, -0.2) is 4.52 Å². The predicted molar refractivity (Wildman–Crippen MR) is 56.2 cm³/mol. The maximum atomic E-state index is 10.5. The van der Waals surface area contributed by atoms with E-state index >= 15 is 0 Å². The molecule has 2 atom stereocenters. The third-order valence-electron chi connectivity index (χ3n) is 1.88. The highest BCUT2D eigenvalue weighted by Gasteiger charge is 2.15. The van der Waals surface area contributed by atoms with Crippen molar-refractivity contribution in [1.82, 2.24) is 0 Å². The van der Waals surface area contributed by atoms with E-state index in [0.717, 1.165) is 5.56 Å². The second-order valence-corrected chi connectivity index (χ2v) is 3.78. The van der Waals surface area contributed by atoms with Crippen LogP contribution in [0.3, 0.4) is 0 Å². The Morgan fingerprint density at radius 3 is 2.44 bits per heavy atom. The van der Waals surface area contributed by atoms with Crippen LogP contribution in [0.15, 0.2) is 24.3 Å². The summed E-state index contributed by atoms with van der Waals surface area (Å²) >= 11 is 0. The third-order valence-corrected chi connectivity index (χ3v) is 2.25. The molecule has 0 aliphatic rings. The molecular weight excluding hydrogens is 233 g/mol. The molecule has 1 aromatic rings. The van der Waals surface area contributed by atoms with Crippen molar-refractivity contribution < 1.29 is 23.9 Å². The van der Waals surface area contributed by atoms with Gasteiger partial charge in [0.1, 0.15) is 6.04 Å². The van der Waals surface area contributed by atoms with Crippen LogP contribution in [0.2, 0.25) is 0 Å². The number of carboxylic acid groups (broad SMARTS) is 1. The zero-order valence-corrected chi connectivity index (χ0v) is 9.13. The summed E-state index contributed by atoms with van der Waals surface area (Å²) < 4.78 is 14.9. The van der Waals surface area contributed by atoms with Crippen LogP contribution in [-0.4, -0.2) is 22.0 Å². The largest absolute Gasteiger partial charge is 0.747 e. The Bertz CT molecular complexity index is 391. The van der Waals surface area contributed by atoms with Crippen LogP contribution in [0.4, 0.5) is 0 Å². The Balaban J connectivity index is 2.64. The Hall–Kier alpha value is -1.49. The first-order chi connectivity index (χ1) is 7.49. The van der Waals surface area contributed by atoms with Crippen LogP contribution in [-0.2, 0) is 15.8 Å². The highest BCUT2D eigenvalue weighted by Crippen LogP contribution is 2.22. The predicted octanol–water partition coefficient (Wildman–Crippen LogP) is 0.669. The first-order valence-corrected chi connectivity index (χ1v) is 5.53. The average Bonchev–Trinajstić information content (AvgIpc) is 2.20. The van der Waals surface area contributed by atoms with Crippen LogP contribution >= 0.6 is 8.25 Å². The van der Waals surface area contributed by atoms with Gasteiger partial charge in [0.25, 0.3) is 0 Å². The SMILES string of the molecule is N[C@@H](Cc1ccc(O[P+](=O)O)cc1)C(=O)O. The minimum absolute atomic E-state index is 0.195. The molecule has 0 saturated heterocycles. The van der Waals surface area contributed by atoms with E-state index in [1.165, 1.54) is 12.1 Å². The van der Waals surface area contributed by atoms with Gasteiger partial charge in [0.15, 0.2) is 5.75 Å². The zero-order chi connectivity index (χ0) is 12.1. The monoisotopic (exact) mass is 244 g/mol. The molecular formula is C9H11NO5P+. The van der Waals surface area contributed by atoms with Gasteiger partial charge in [-0.1, -0.05) is 12.1 Å². The lowest BCUT2D eigenvalue weighted by molar-refractivity contribution is -0.138. The Labute approximate surface area is 92.6 Å². The number of rotatable bonds is 5.